The van der Waals surface area contributed by atoms with Crippen LogP contribution in [0.2, 0.25) is 0 Å². The van der Waals surface area contributed by atoms with E-state index in [2.05, 4.69) is 31.3 Å². The largest absolute Gasteiger partial charge is 0.211 e. The third-order valence-electron chi connectivity index (χ3n) is 0.734. The fourth-order valence-electron chi connectivity index (χ4n) is 0.377. The van der Waals surface area contributed by atoms with E-state index in [-0.39, 0.29) is 0 Å². The summed E-state index contributed by atoms with van der Waals surface area (Å²) in [7, 11) is 0. The standard InChI is InChI=1S/H4N8/c1-2-4-7(3-1)8-5-6-8/h1-4H. The minimum atomic E-state index is 1.33. The summed E-state index contributed by atoms with van der Waals surface area (Å²) in [6, 6.07) is 0. The van der Waals surface area contributed by atoms with E-state index in [4.69, 9.17) is 0 Å². The zero-order valence-electron chi connectivity index (χ0n) is 3.79. The molecule has 0 saturated heterocycles. The molecule has 0 unspecified atom stereocenters. The van der Waals surface area contributed by atoms with E-state index in [1.54, 1.807) is 0 Å². The van der Waals surface area contributed by atoms with Crippen molar-refractivity contribution in [2.45, 2.75) is 0 Å². The van der Waals surface area contributed by atoms with E-state index in [1.807, 2.05) is 0 Å². The zero-order chi connectivity index (χ0) is 5.40. The first-order valence-electron chi connectivity index (χ1n) is 2.00. The molecule has 0 bridgehead atoms. The Kier molecular flexibility index (Phi) is 0.412. The van der Waals surface area contributed by atoms with Crippen LogP contribution < -0.4 is 5.23 Å². The summed E-state index contributed by atoms with van der Waals surface area (Å²) in [5, 5.41) is 18.6. The molecular weight excluding hydrogens is 112 g/mol. The number of hydrogen-bond acceptors (Lipinski definition) is 3. The fourth-order valence-corrected chi connectivity index (χ4v) is 0.377. The van der Waals surface area contributed by atoms with Crippen molar-refractivity contribution >= 4 is 0 Å². The van der Waals surface area contributed by atoms with E-state index in [9.17, 15) is 0 Å². The molecule has 4 N–H and O–H groups in total. The summed E-state index contributed by atoms with van der Waals surface area (Å²) < 4.78 is 0. The van der Waals surface area contributed by atoms with Crippen LogP contribution in [0.4, 0.5) is 0 Å². The topological polar surface area (TPSA) is 95.8 Å². The Hall–Kier alpha value is -1.60. The van der Waals surface area contributed by atoms with E-state index in [0.717, 1.165) is 0 Å². The Balaban J connectivity index is 2.29. The quantitative estimate of drug-likeness (QED) is 0.378. The first-order chi connectivity index (χ1) is 3.97. The van der Waals surface area contributed by atoms with E-state index in [1.165, 1.54) is 10.1 Å². The average Bonchev–Trinajstić information content (AvgIpc) is 2.49. The second-order valence-electron chi connectivity index (χ2n) is 1.23. The number of nitrogens with one attached hydrogen (secondary N) is 4. The van der Waals surface area contributed by atoms with Gasteiger partial charge in [-0.25, -0.2) is 10.4 Å². The predicted molar refractivity (Wildman–Crippen MR) is 22.5 cm³/mol. The van der Waals surface area contributed by atoms with Crippen molar-refractivity contribution in [2.24, 2.45) is 10.4 Å². The predicted octanol–water partition coefficient (Wildman–Crippen LogP) is -0.841. The zero-order valence-corrected chi connectivity index (χ0v) is 3.79. The van der Waals surface area contributed by atoms with E-state index in [0.29, 0.717) is 0 Å². The minimum Gasteiger partial charge on any atom is -0.211 e. The van der Waals surface area contributed by atoms with Gasteiger partial charge in [0.05, 0.1) is 0 Å². The van der Waals surface area contributed by atoms with Gasteiger partial charge in [0.2, 0.25) is 0 Å². The van der Waals surface area contributed by atoms with Crippen molar-refractivity contribution in [1.29, 1.82) is 0 Å². The number of rotatable bonds is 1. The molecule has 0 fully saturated rings. The third-order valence-corrected chi connectivity index (χ3v) is 0.734. The normalized spacial score (nSPS) is 14.8. The lowest BCUT2D eigenvalue weighted by Crippen LogP contribution is -2.14. The van der Waals surface area contributed by atoms with Crippen molar-refractivity contribution in [1.82, 2.24) is 25.8 Å². The molecular formula is H4N8. The molecule has 44 valence electrons. The summed E-state index contributed by atoms with van der Waals surface area (Å²) in [4.78, 5) is 1.42. The van der Waals surface area contributed by atoms with Crippen LogP contribution in [0.5, 0.6) is 0 Å². The lowest BCUT2D eigenvalue weighted by atomic mass is 12.2. The average molecular weight is 116 g/mol. The first kappa shape index (κ1) is 3.41. The lowest BCUT2D eigenvalue weighted by molar-refractivity contribution is 0.559. The van der Waals surface area contributed by atoms with Crippen molar-refractivity contribution in [3.63, 3.8) is 0 Å². The summed E-state index contributed by atoms with van der Waals surface area (Å²) in [5.41, 5.74) is 0. The van der Waals surface area contributed by atoms with Gasteiger partial charge in [-0.05, 0) is 15.7 Å². The van der Waals surface area contributed by atoms with Gasteiger partial charge in [0.1, 0.15) is 0 Å². The molecule has 2 heterocycles. The van der Waals surface area contributed by atoms with Gasteiger partial charge in [0, 0.05) is 0 Å². The molecule has 2 rings (SSSR count). The maximum Gasteiger partial charge on any atom is -0.000138 e. The van der Waals surface area contributed by atoms with Crippen LogP contribution in [0.15, 0.2) is 10.4 Å². The molecule has 0 aromatic carbocycles. The SMILES string of the molecule is N1=NN1n1[nH][nH][nH][nH]1. The molecule has 1 aliphatic heterocycles. The highest BCUT2D eigenvalue weighted by Gasteiger charge is 2.11. The van der Waals surface area contributed by atoms with Gasteiger partial charge >= 0.3 is 0 Å². The molecule has 0 saturated carbocycles. The summed E-state index contributed by atoms with van der Waals surface area (Å²) in [5.74, 6) is 0. The Morgan fingerprint density at radius 3 is 2.12 bits per heavy atom. The number of nitrogens with zero attached hydrogens (tertiary/aromatic N) is 4. The molecule has 1 aliphatic rings. The molecule has 0 spiro atoms. The highest BCUT2D eigenvalue weighted by molar-refractivity contribution is 4.67. The molecule has 0 atom stereocenters. The van der Waals surface area contributed by atoms with Crippen molar-refractivity contribution in [3.8, 4) is 0 Å². The molecule has 8 nitrogen and oxygen atoms in total. The maximum atomic E-state index is 3.46. The van der Waals surface area contributed by atoms with Crippen LogP contribution in [-0.2, 0) is 0 Å². The second kappa shape index (κ2) is 0.967. The van der Waals surface area contributed by atoms with Crippen molar-refractivity contribution in [3.05, 3.63) is 0 Å². The van der Waals surface area contributed by atoms with Gasteiger partial charge < -0.3 is 0 Å². The molecule has 0 radical (unpaired) electrons. The van der Waals surface area contributed by atoms with E-state index >= 15 is 0 Å². The van der Waals surface area contributed by atoms with Crippen LogP contribution in [0.1, 0.15) is 0 Å². The number of aromatic amines is 4. The summed E-state index contributed by atoms with van der Waals surface area (Å²) in [6.45, 7) is 0. The molecule has 8 heteroatoms. The molecule has 0 aliphatic carbocycles. The third kappa shape index (κ3) is 0.331. The van der Waals surface area contributed by atoms with Crippen LogP contribution in [0, 0.1) is 0 Å². The number of H-pyrrole nitrogens is 4. The van der Waals surface area contributed by atoms with Gasteiger partial charge in [-0.1, -0.05) is 4.91 Å². The second-order valence-corrected chi connectivity index (χ2v) is 1.23. The van der Waals surface area contributed by atoms with Gasteiger partial charge in [0.15, 0.2) is 0 Å². The highest BCUT2D eigenvalue weighted by Crippen LogP contribution is 1.99. The first-order valence-corrected chi connectivity index (χ1v) is 2.00. The highest BCUT2D eigenvalue weighted by atomic mass is 16.2. The molecule has 1 aromatic heterocycles. The Morgan fingerprint density at radius 1 is 1.00 bits per heavy atom. The lowest BCUT2D eigenvalue weighted by Gasteiger charge is -1.89. The fraction of sp³-hybridized carbons (Fsp3) is 0. The van der Waals surface area contributed by atoms with Gasteiger partial charge in [-0.3, -0.25) is 0 Å². The van der Waals surface area contributed by atoms with Crippen LogP contribution in [0.3, 0.4) is 0 Å². The van der Waals surface area contributed by atoms with Gasteiger partial charge in [-0.15, -0.1) is 0 Å². The van der Waals surface area contributed by atoms with Crippen LogP contribution in [0.25, 0.3) is 0 Å². The van der Waals surface area contributed by atoms with Gasteiger partial charge in [0.25, 0.3) is 0 Å². The molecule has 1 aromatic rings. The minimum absolute atomic E-state index is 1.33. The van der Waals surface area contributed by atoms with Crippen LogP contribution >= 0.6 is 0 Å². The van der Waals surface area contributed by atoms with Gasteiger partial charge in [-0.2, -0.15) is 10.4 Å². The number of hydrogen-bond donors (Lipinski definition) is 4. The Morgan fingerprint density at radius 2 is 1.62 bits per heavy atom. The van der Waals surface area contributed by atoms with Crippen LogP contribution in [-0.4, -0.2) is 25.8 Å². The molecule has 0 amide bonds. The Labute approximate surface area is 42.7 Å². The summed E-state index contributed by atoms with van der Waals surface area (Å²) >= 11 is 0. The summed E-state index contributed by atoms with van der Waals surface area (Å²) in [6.07, 6.45) is 0. The van der Waals surface area contributed by atoms with Crippen molar-refractivity contribution in [2.75, 3.05) is 5.23 Å². The van der Waals surface area contributed by atoms with E-state index < -0.39 is 0 Å². The number of aromatic nitrogens is 5. The maximum absolute atomic E-state index is 3.46. The monoisotopic (exact) mass is 116 g/mol. The Bertz CT molecular complexity index is 186. The smallest absolute Gasteiger partial charge is 0.000138 e. The van der Waals surface area contributed by atoms with Crippen molar-refractivity contribution < 1.29 is 0 Å². The molecule has 8 heavy (non-hydrogen) atoms.